The highest BCUT2D eigenvalue weighted by atomic mass is 79.9. The number of fused-ring (bicyclic) bond motifs is 1. The molecule has 2 rings (SSSR count). The van der Waals surface area contributed by atoms with Gasteiger partial charge in [0.15, 0.2) is 0 Å². The Labute approximate surface area is 93.8 Å². The molecule has 6 heteroatoms. The lowest BCUT2D eigenvalue weighted by atomic mass is 10.3. The number of hydrogen-bond donors (Lipinski definition) is 2. The van der Waals surface area contributed by atoms with Gasteiger partial charge in [0.05, 0.1) is 7.11 Å². The lowest BCUT2D eigenvalue weighted by Gasteiger charge is -2.00. The molecule has 15 heavy (non-hydrogen) atoms. The fraction of sp³-hybridized carbons (Fsp3) is 0.111. The number of carbonyl (C=O) groups excluding carboxylic acids is 1. The van der Waals surface area contributed by atoms with E-state index in [4.69, 9.17) is 10.5 Å². The molecule has 0 fully saturated rings. The fourth-order valence-electron chi connectivity index (χ4n) is 1.35. The number of aromatic nitrogens is 2. The summed E-state index contributed by atoms with van der Waals surface area (Å²) in [6, 6.07) is 1.66. The van der Waals surface area contributed by atoms with Gasteiger partial charge in [-0.25, -0.2) is 4.98 Å². The predicted octanol–water partition coefficient (Wildman–Crippen LogP) is 1.43. The molecule has 0 aliphatic rings. The Morgan fingerprint density at radius 3 is 3.00 bits per heavy atom. The zero-order valence-corrected chi connectivity index (χ0v) is 9.46. The van der Waals surface area contributed by atoms with Gasteiger partial charge in [0.2, 0.25) is 5.88 Å². The summed E-state index contributed by atoms with van der Waals surface area (Å²) in [4.78, 5) is 17.9. The van der Waals surface area contributed by atoms with Crippen LogP contribution in [-0.4, -0.2) is 23.0 Å². The number of methoxy groups -OCH3 is 1. The van der Waals surface area contributed by atoms with E-state index in [1.807, 2.05) is 0 Å². The van der Waals surface area contributed by atoms with Crippen LogP contribution in [0.3, 0.4) is 0 Å². The van der Waals surface area contributed by atoms with E-state index in [0.717, 1.165) is 9.86 Å². The first-order valence-electron chi connectivity index (χ1n) is 4.14. The van der Waals surface area contributed by atoms with Gasteiger partial charge in [0, 0.05) is 16.1 Å². The van der Waals surface area contributed by atoms with E-state index in [9.17, 15) is 4.79 Å². The number of rotatable bonds is 2. The van der Waals surface area contributed by atoms with Crippen LogP contribution < -0.4 is 10.5 Å². The normalized spacial score (nSPS) is 10.5. The van der Waals surface area contributed by atoms with E-state index in [0.29, 0.717) is 17.1 Å². The molecule has 0 saturated carbocycles. The van der Waals surface area contributed by atoms with E-state index in [-0.39, 0.29) is 0 Å². The SMILES string of the molecule is COc1ncc(Br)c2cc(C(N)=O)[nH]c12. The Morgan fingerprint density at radius 1 is 1.67 bits per heavy atom. The molecule has 0 bridgehead atoms. The molecule has 2 aromatic rings. The molecular weight excluding hydrogens is 262 g/mol. The summed E-state index contributed by atoms with van der Waals surface area (Å²) in [5.74, 6) is -0.0825. The minimum absolute atomic E-state index is 0.331. The first-order chi connectivity index (χ1) is 7.13. The van der Waals surface area contributed by atoms with Crippen molar-refractivity contribution in [2.75, 3.05) is 7.11 Å². The fourth-order valence-corrected chi connectivity index (χ4v) is 1.76. The first-order valence-corrected chi connectivity index (χ1v) is 4.93. The van der Waals surface area contributed by atoms with Crippen molar-refractivity contribution in [2.45, 2.75) is 0 Å². The Bertz CT molecular complexity index is 535. The molecule has 3 N–H and O–H groups in total. The summed E-state index contributed by atoms with van der Waals surface area (Å²) >= 11 is 3.33. The Balaban J connectivity index is 2.77. The number of H-pyrrole nitrogens is 1. The summed E-state index contributed by atoms with van der Waals surface area (Å²) in [6.07, 6.45) is 1.61. The maximum Gasteiger partial charge on any atom is 0.265 e. The third kappa shape index (κ3) is 1.56. The van der Waals surface area contributed by atoms with E-state index in [2.05, 4.69) is 25.9 Å². The summed E-state index contributed by atoms with van der Waals surface area (Å²) < 4.78 is 5.84. The molecule has 0 aliphatic carbocycles. The largest absolute Gasteiger partial charge is 0.479 e. The highest BCUT2D eigenvalue weighted by molar-refractivity contribution is 9.10. The number of nitrogens with one attached hydrogen (secondary N) is 1. The summed E-state index contributed by atoms with van der Waals surface area (Å²) in [5.41, 5.74) is 6.16. The number of pyridine rings is 1. The first kappa shape index (κ1) is 9.97. The monoisotopic (exact) mass is 269 g/mol. The van der Waals surface area contributed by atoms with Gasteiger partial charge in [-0.3, -0.25) is 4.79 Å². The van der Waals surface area contributed by atoms with Crippen molar-refractivity contribution in [1.29, 1.82) is 0 Å². The van der Waals surface area contributed by atoms with Crippen molar-refractivity contribution >= 4 is 32.7 Å². The zero-order chi connectivity index (χ0) is 11.0. The molecule has 1 amide bonds. The lowest BCUT2D eigenvalue weighted by Crippen LogP contribution is -2.10. The number of halogens is 1. The molecule has 0 saturated heterocycles. The van der Waals surface area contributed by atoms with E-state index >= 15 is 0 Å². The third-order valence-electron chi connectivity index (χ3n) is 2.04. The summed E-state index contributed by atoms with van der Waals surface area (Å²) in [6.45, 7) is 0. The van der Waals surface area contributed by atoms with Crippen molar-refractivity contribution in [1.82, 2.24) is 9.97 Å². The van der Waals surface area contributed by atoms with Crippen molar-refractivity contribution in [2.24, 2.45) is 5.73 Å². The van der Waals surface area contributed by atoms with Crippen LogP contribution in [0.5, 0.6) is 5.88 Å². The summed E-state index contributed by atoms with van der Waals surface area (Å²) in [5, 5.41) is 0.815. The van der Waals surface area contributed by atoms with Crippen LogP contribution >= 0.6 is 15.9 Å². The van der Waals surface area contributed by atoms with Gasteiger partial charge in [0.1, 0.15) is 11.2 Å². The maximum atomic E-state index is 11.0. The Kier molecular flexibility index (Phi) is 2.36. The molecule has 0 aliphatic heterocycles. The minimum Gasteiger partial charge on any atom is -0.479 e. The number of nitrogens with zero attached hydrogens (tertiary/aromatic N) is 1. The van der Waals surface area contributed by atoms with Crippen molar-refractivity contribution in [3.8, 4) is 5.88 Å². The standard InChI is InChI=1S/C9H8BrN3O2/c1-15-9-7-4(5(10)3-12-9)2-6(13-7)8(11)14/h2-3,13H,1H3,(H2,11,14). The van der Waals surface area contributed by atoms with Gasteiger partial charge < -0.3 is 15.5 Å². The van der Waals surface area contributed by atoms with Crippen molar-refractivity contribution < 1.29 is 9.53 Å². The Morgan fingerprint density at radius 2 is 2.40 bits per heavy atom. The van der Waals surface area contributed by atoms with Gasteiger partial charge in [-0.05, 0) is 22.0 Å². The predicted molar refractivity (Wildman–Crippen MR) is 58.9 cm³/mol. The second-order valence-corrected chi connectivity index (χ2v) is 3.81. The number of amides is 1. The van der Waals surface area contributed by atoms with Crippen molar-refractivity contribution in [3.63, 3.8) is 0 Å². The van der Waals surface area contributed by atoms with Crippen LogP contribution in [0.15, 0.2) is 16.7 Å². The van der Waals surface area contributed by atoms with Crippen molar-refractivity contribution in [3.05, 3.63) is 22.4 Å². The topological polar surface area (TPSA) is 81.0 Å². The molecule has 0 spiro atoms. The number of ether oxygens (including phenoxy) is 1. The maximum absolute atomic E-state index is 11.0. The number of carbonyl (C=O) groups is 1. The molecule has 0 atom stereocenters. The second-order valence-electron chi connectivity index (χ2n) is 2.95. The van der Waals surface area contributed by atoms with E-state index in [1.165, 1.54) is 7.11 Å². The average Bonchev–Trinajstić information content (AvgIpc) is 2.64. The molecule has 0 aromatic carbocycles. The smallest absolute Gasteiger partial charge is 0.265 e. The van der Waals surface area contributed by atoms with Gasteiger partial charge in [-0.1, -0.05) is 0 Å². The van der Waals surface area contributed by atoms with Gasteiger partial charge in [0.25, 0.3) is 5.91 Å². The zero-order valence-electron chi connectivity index (χ0n) is 7.87. The van der Waals surface area contributed by atoms with Crippen LogP contribution in [0.2, 0.25) is 0 Å². The number of hydrogen-bond acceptors (Lipinski definition) is 3. The van der Waals surface area contributed by atoms with Gasteiger partial charge >= 0.3 is 0 Å². The van der Waals surface area contributed by atoms with Crippen LogP contribution in [0.25, 0.3) is 10.9 Å². The van der Waals surface area contributed by atoms with E-state index < -0.39 is 5.91 Å². The van der Waals surface area contributed by atoms with E-state index in [1.54, 1.807) is 12.3 Å². The minimum atomic E-state index is -0.514. The highest BCUT2D eigenvalue weighted by Crippen LogP contribution is 2.29. The Hall–Kier alpha value is -1.56. The van der Waals surface area contributed by atoms with Crippen LogP contribution in [0, 0.1) is 0 Å². The van der Waals surface area contributed by atoms with Gasteiger partial charge in [-0.15, -0.1) is 0 Å². The van der Waals surface area contributed by atoms with Crippen LogP contribution in [-0.2, 0) is 0 Å². The molecule has 2 heterocycles. The number of nitrogens with two attached hydrogens (primary N) is 1. The van der Waals surface area contributed by atoms with Gasteiger partial charge in [-0.2, -0.15) is 0 Å². The lowest BCUT2D eigenvalue weighted by molar-refractivity contribution is 0.0996. The quantitative estimate of drug-likeness (QED) is 0.866. The molecule has 0 unspecified atom stereocenters. The average molecular weight is 270 g/mol. The number of primary amides is 1. The van der Waals surface area contributed by atoms with Crippen LogP contribution in [0.4, 0.5) is 0 Å². The molecule has 5 nitrogen and oxygen atoms in total. The highest BCUT2D eigenvalue weighted by Gasteiger charge is 2.12. The third-order valence-corrected chi connectivity index (χ3v) is 2.67. The molecule has 78 valence electrons. The van der Waals surface area contributed by atoms with Crippen LogP contribution in [0.1, 0.15) is 10.5 Å². The molecule has 2 aromatic heterocycles. The second kappa shape index (κ2) is 3.54. The molecular formula is C9H8BrN3O2. The molecule has 0 radical (unpaired) electrons. The number of aromatic amines is 1. The summed E-state index contributed by atoms with van der Waals surface area (Å²) in [7, 11) is 1.51.